The molecule has 1 heterocycles. The van der Waals surface area contributed by atoms with Crippen molar-refractivity contribution >= 4 is 45.4 Å². The average Bonchev–Trinajstić information content (AvgIpc) is 2.88. The molecule has 0 aliphatic carbocycles. The van der Waals surface area contributed by atoms with Crippen LogP contribution in [0, 0.1) is 5.41 Å². The first-order valence-corrected chi connectivity index (χ1v) is 12.7. The van der Waals surface area contributed by atoms with Crippen LogP contribution in [0.2, 0.25) is 0 Å². The first kappa shape index (κ1) is 26.1. The topological polar surface area (TPSA) is 160 Å². The van der Waals surface area contributed by atoms with Crippen molar-refractivity contribution in [3.05, 3.63) is 71.8 Å². The van der Waals surface area contributed by atoms with Crippen molar-refractivity contribution < 1.29 is 28.2 Å². The van der Waals surface area contributed by atoms with Gasteiger partial charge in [0.1, 0.15) is 23.7 Å². The predicted octanol–water partition coefficient (Wildman–Crippen LogP) is 2.42. The quantitative estimate of drug-likeness (QED) is 0.220. The van der Waals surface area contributed by atoms with Gasteiger partial charge in [0.2, 0.25) is 5.91 Å². The number of methoxy groups -OCH3 is 1. The molecule has 0 radical (unpaired) electrons. The number of anilines is 1. The molecule has 3 aromatic carbocycles. The number of nitrogens with one attached hydrogen (secondary N) is 1. The number of carboxylic acid groups (broad SMARTS) is 1. The van der Waals surface area contributed by atoms with Crippen LogP contribution < -0.4 is 14.8 Å². The molecule has 0 spiro atoms. The van der Waals surface area contributed by atoms with Gasteiger partial charge in [-0.1, -0.05) is 48.5 Å². The van der Waals surface area contributed by atoms with Crippen molar-refractivity contribution in [3.8, 4) is 5.75 Å². The number of nitrogens with zero attached hydrogens (tertiary/aromatic N) is 2. The Morgan fingerprint density at radius 3 is 2.59 bits per heavy atom. The number of likely N-dealkylation sites (tertiary alicyclic amines) is 1. The molecule has 4 rings (SSSR count). The standard InChI is InChI=1S/C26H28N4O6S/c1-36-23-15-19(14-18-5-2-3-6-20(18)23)30(37(34)35)21-7-4-12-29(25(21)31)22(26(32)33)13-16-8-10-17(11-9-16)24(27)28/h2-3,5-6,8-11,14-15,21-22H,4,7,12-13H2,1H3,(H3,27,28)(H,32,33)(H,34,35)/p-1. The zero-order valence-electron chi connectivity index (χ0n) is 20.1. The van der Waals surface area contributed by atoms with Gasteiger partial charge >= 0.3 is 5.97 Å². The summed E-state index contributed by atoms with van der Waals surface area (Å²) in [6, 6.07) is 14.9. The fourth-order valence-corrected chi connectivity index (χ4v) is 5.39. The third-order valence-corrected chi connectivity index (χ3v) is 7.31. The minimum absolute atomic E-state index is 0.0240. The number of nitrogen functional groups attached to an aromatic ring is 1. The van der Waals surface area contributed by atoms with E-state index in [1.54, 1.807) is 36.4 Å². The Morgan fingerprint density at radius 2 is 1.97 bits per heavy atom. The van der Waals surface area contributed by atoms with E-state index in [9.17, 15) is 23.5 Å². The van der Waals surface area contributed by atoms with E-state index < -0.39 is 35.2 Å². The molecule has 37 heavy (non-hydrogen) atoms. The summed E-state index contributed by atoms with van der Waals surface area (Å²) >= 11 is -2.81. The highest BCUT2D eigenvalue weighted by Gasteiger charge is 2.40. The van der Waals surface area contributed by atoms with E-state index in [0.717, 1.165) is 15.1 Å². The molecule has 1 aliphatic rings. The number of piperidine rings is 1. The molecule has 1 amide bonds. The molecule has 1 fully saturated rings. The molecule has 11 heteroatoms. The number of carbonyl (C=O) groups excluding carboxylic acids is 1. The second-order valence-electron chi connectivity index (χ2n) is 8.77. The lowest BCUT2D eigenvalue weighted by molar-refractivity contribution is -0.152. The van der Waals surface area contributed by atoms with E-state index in [2.05, 4.69) is 0 Å². The second kappa shape index (κ2) is 11.0. The Morgan fingerprint density at radius 1 is 1.27 bits per heavy atom. The molecule has 0 saturated carbocycles. The smallest absolute Gasteiger partial charge is 0.326 e. The van der Waals surface area contributed by atoms with Crippen LogP contribution in [0.25, 0.3) is 10.8 Å². The number of nitrogens with two attached hydrogens (primary N) is 1. The largest absolute Gasteiger partial charge is 0.755 e. The molecular formula is C26H27N4O6S-. The van der Waals surface area contributed by atoms with Gasteiger partial charge in [-0.3, -0.25) is 18.7 Å². The maximum atomic E-state index is 13.6. The molecule has 3 aromatic rings. The summed E-state index contributed by atoms with van der Waals surface area (Å²) in [6.45, 7) is 0.193. The molecule has 1 aliphatic heterocycles. The fraction of sp³-hybridized carbons (Fsp3) is 0.269. The minimum Gasteiger partial charge on any atom is -0.755 e. The summed E-state index contributed by atoms with van der Waals surface area (Å²) in [7, 11) is 1.48. The minimum atomic E-state index is -2.81. The lowest BCUT2D eigenvalue weighted by Gasteiger charge is -2.42. The predicted molar refractivity (Wildman–Crippen MR) is 139 cm³/mol. The molecule has 3 atom stereocenters. The van der Waals surface area contributed by atoms with Gasteiger partial charge in [-0.25, -0.2) is 4.79 Å². The van der Waals surface area contributed by atoms with Gasteiger partial charge in [-0.15, -0.1) is 0 Å². The zero-order valence-corrected chi connectivity index (χ0v) is 20.9. The Labute approximate surface area is 216 Å². The van der Waals surface area contributed by atoms with E-state index in [1.807, 2.05) is 24.3 Å². The maximum absolute atomic E-state index is 13.6. The van der Waals surface area contributed by atoms with Crippen molar-refractivity contribution in [1.82, 2.24) is 4.90 Å². The van der Waals surface area contributed by atoms with E-state index in [4.69, 9.17) is 15.9 Å². The Bertz CT molecular complexity index is 1360. The van der Waals surface area contributed by atoms with Gasteiger partial charge in [0.25, 0.3) is 0 Å². The fourth-order valence-electron chi connectivity index (χ4n) is 4.71. The molecule has 3 unspecified atom stereocenters. The average molecular weight is 524 g/mol. The number of aliphatic carboxylic acids is 1. The normalized spacial score (nSPS) is 17.3. The Balaban J connectivity index is 1.65. The van der Waals surface area contributed by atoms with Crippen LogP contribution in [-0.2, 0) is 27.3 Å². The number of carboxylic acids is 1. The number of hydrogen-bond acceptors (Lipinski definition) is 6. The highest BCUT2D eigenvalue weighted by Crippen LogP contribution is 2.35. The Hall–Kier alpha value is -3.96. The molecular weight excluding hydrogens is 496 g/mol. The summed E-state index contributed by atoms with van der Waals surface area (Å²) < 4.78 is 31.4. The summed E-state index contributed by atoms with van der Waals surface area (Å²) in [4.78, 5) is 27.1. The van der Waals surface area contributed by atoms with Gasteiger partial charge in [-0.05, 0) is 29.9 Å². The SMILES string of the molecule is COc1cc(N(C2CCCN(C(Cc3ccc(C(=N)N)cc3)C(=O)O)C2=O)S(=O)[O-])cc2ccccc12. The van der Waals surface area contributed by atoms with Gasteiger partial charge in [0.05, 0.1) is 12.8 Å². The van der Waals surface area contributed by atoms with Crippen molar-refractivity contribution in [2.75, 3.05) is 18.0 Å². The number of amidine groups is 1. The second-order valence-corrected chi connectivity index (χ2v) is 9.60. The van der Waals surface area contributed by atoms with Gasteiger partial charge in [-0.2, -0.15) is 0 Å². The lowest BCUT2D eigenvalue weighted by Crippen LogP contribution is -2.58. The number of hydrogen-bond donors (Lipinski definition) is 3. The number of benzene rings is 3. The van der Waals surface area contributed by atoms with Crippen molar-refractivity contribution in [2.45, 2.75) is 31.3 Å². The van der Waals surface area contributed by atoms with Gasteiger partial charge < -0.3 is 25.0 Å². The van der Waals surface area contributed by atoms with Crippen molar-refractivity contribution in [3.63, 3.8) is 0 Å². The van der Waals surface area contributed by atoms with Gasteiger partial charge in [0, 0.05) is 41.2 Å². The van der Waals surface area contributed by atoms with Crippen molar-refractivity contribution in [1.29, 1.82) is 5.41 Å². The van der Waals surface area contributed by atoms with Crippen LogP contribution in [0.4, 0.5) is 5.69 Å². The number of rotatable bonds is 9. The highest BCUT2D eigenvalue weighted by atomic mass is 32.2. The van der Waals surface area contributed by atoms with E-state index in [1.165, 1.54) is 12.0 Å². The van der Waals surface area contributed by atoms with Crippen molar-refractivity contribution in [2.24, 2.45) is 5.73 Å². The molecule has 4 N–H and O–H groups in total. The van der Waals surface area contributed by atoms with E-state index >= 15 is 0 Å². The number of carbonyl (C=O) groups is 2. The zero-order chi connectivity index (χ0) is 26.7. The highest BCUT2D eigenvalue weighted by molar-refractivity contribution is 7.80. The number of ether oxygens (including phenoxy) is 1. The number of fused-ring (bicyclic) bond motifs is 1. The summed E-state index contributed by atoms with van der Waals surface area (Å²) in [5, 5.41) is 19.0. The molecule has 1 saturated heterocycles. The Kier molecular flexibility index (Phi) is 7.74. The summed E-state index contributed by atoms with van der Waals surface area (Å²) in [6.07, 6.45) is 0.705. The first-order chi connectivity index (χ1) is 17.7. The van der Waals surface area contributed by atoms with Crippen LogP contribution in [0.3, 0.4) is 0 Å². The third-order valence-electron chi connectivity index (χ3n) is 6.53. The van der Waals surface area contributed by atoms with Crippen LogP contribution >= 0.6 is 0 Å². The lowest BCUT2D eigenvalue weighted by atomic mass is 9.97. The molecule has 0 aromatic heterocycles. The monoisotopic (exact) mass is 523 g/mol. The van der Waals surface area contributed by atoms with Crippen LogP contribution in [0.15, 0.2) is 60.7 Å². The molecule has 10 nitrogen and oxygen atoms in total. The summed E-state index contributed by atoms with van der Waals surface area (Å²) in [5.41, 5.74) is 6.90. The van der Waals surface area contributed by atoms with Crippen LogP contribution in [0.1, 0.15) is 24.0 Å². The number of amides is 1. The molecule has 0 bridgehead atoms. The van der Waals surface area contributed by atoms with E-state index in [-0.39, 0.29) is 30.9 Å². The molecule has 194 valence electrons. The van der Waals surface area contributed by atoms with Gasteiger partial charge in [0.15, 0.2) is 0 Å². The first-order valence-electron chi connectivity index (χ1n) is 11.6. The third kappa shape index (κ3) is 5.42. The maximum Gasteiger partial charge on any atom is 0.326 e. The van der Waals surface area contributed by atoms with Crippen LogP contribution in [-0.4, -0.2) is 62.2 Å². The van der Waals surface area contributed by atoms with Crippen LogP contribution in [0.5, 0.6) is 5.75 Å². The summed E-state index contributed by atoms with van der Waals surface area (Å²) in [5.74, 6) is -1.41. The van der Waals surface area contributed by atoms with E-state index in [0.29, 0.717) is 23.3 Å².